The molecule has 2 saturated heterocycles. The van der Waals surface area contributed by atoms with E-state index in [1.54, 1.807) is 0 Å². The van der Waals surface area contributed by atoms with Crippen molar-refractivity contribution in [1.82, 2.24) is 29.5 Å². The number of imidazole rings is 1. The Bertz CT molecular complexity index is 1870. The maximum atomic E-state index is 14.3. The summed E-state index contributed by atoms with van der Waals surface area (Å²) in [6, 6.07) is -0.395. The Morgan fingerprint density at radius 2 is 1.84 bits per heavy atom. The highest BCUT2D eigenvalue weighted by Crippen LogP contribution is 2.61. The van der Waals surface area contributed by atoms with Gasteiger partial charge in [-0.15, -0.1) is 0 Å². The number of nitrogens with zero attached hydrogens (tertiary/aromatic N) is 5. The Morgan fingerprint density at radius 1 is 1.12 bits per heavy atom. The molecule has 2 bridgehead atoms. The largest absolute Gasteiger partial charge is 0.408 e. The Balaban J connectivity index is 1.36. The number of hydrogen-bond acceptors (Lipinski definition) is 15. The zero-order valence-corrected chi connectivity index (χ0v) is 31.8. The first-order chi connectivity index (χ1) is 22.8. The van der Waals surface area contributed by atoms with Gasteiger partial charge in [-0.3, -0.25) is 27.9 Å². The molecule has 1 saturated carbocycles. The van der Waals surface area contributed by atoms with E-state index in [1.165, 1.54) is 17.2 Å². The minimum absolute atomic E-state index is 0.0129. The lowest BCUT2D eigenvalue weighted by atomic mass is 10.1. The van der Waals surface area contributed by atoms with Crippen LogP contribution in [0.1, 0.15) is 39.8 Å². The second-order valence-corrected chi connectivity index (χ2v) is 24.2. The van der Waals surface area contributed by atoms with E-state index in [4.69, 9.17) is 33.0 Å². The zero-order chi connectivity index (χ0) is 35.5. The number of rotatable bonds is 5. The van der Waals surface area contributed by atoms with E-state index in [0.29, 0.717) is 6.42 Å². The molecule has 2 aliphatic heterocycles. The van der Waals surface area contributed by atoms with Crippen LogP contribution in [0.5, 0.6) is 0 Å². The Labute approximate surface area is 292 Å². The number of fused-ring (bicyclic) bond motifs is 4. The highest BCUT2D eigenvalue weighted by molar-refractivity contribution is 8.44. The molecule has 3 aliphatic rings. The zero-order valence-electron chi connectivity index (χ0n) is 27.3. The average molecular weight is 781 g/mol. The van der Waals surface area contributed by atoms with Crippen LogP contribution in [0.25, 0.3) is 11.2 Å². The number of aromatic amines is 1. The minimum atomic E-state index is -4.22. The van der Waals surface area contributed by atoms with Crippen molar-refractivity contribution < 1.29 is 40.8 Å². The summed E-state index contributed by atoms with van der Waals surface area (Å²) in [6.45, 7) is 1.30. The molecule has 3 aromatic rings. The van der Waals surface area contributed by atoms with Gasteiger partial charge in [0.15, 0.2) is 37.3 Å². The quantitative estimate of drug-likeness (QED) is 0.135. The van der Waals surface area contributed by atoms with Crippen molar-refractivity contribution in [2.75, 3.05) is 24.3 Å². The van der Waals surface area contributed by atoms with Gasteiger partial charge in [-0.05, 0) is 31.0 Å². The molecule has 0 spiro atoms. The maximum absolute atomic E-state index is 14.3. The predicted molar refractivity (Wildman–Crippen MR) is 186 cm³/mol. The summed E-state index contributed by atoms with van der Waals surface area (Å²) in [5, 5.41) is 2.73. The number of nitrogen functional groups attached to an aromatic ring is 1. The number of aromatic nitrogens is 6. The molecule has 49 heavy (non-hydrogen) atoms. The molecule has 0 aromatic carbocycles. The summed E-state index contributed by atoms with van der Waals surface area (Å²) >= 11 is 8.62. The number of nitrogens with one attached hydrogen (secondary N) is 2. The van der Waals surface area contributed by atoms with Crippen molar-refractivity contribution in [2.24, 2.45) is 5.92 Å². The van der Waals surface area contributed by atoms with Gasteiger partial charge in [-0.25, -0.2) is 28.5 Å². The molecule has 270 valence electrons. The Morgan fingerprint density at radius 3 is 2.55 bits per heavy atom. The van der Waals surface area contributed by atoms with Gasteiger partial charge in [0, 0.05) is 12.0 Å². The summed E-state index contributed by atoms with van der Waals surface area (Å²) in [7, 11) is -2.62. The van der Waals surface area contributed by atoms with E-state index in [0.717, 1.165) is 6.20 Å². The first-order valence-electron chi connectivity index (χ1n) is 15.4. The molecule has 4 unspecified atom stereocenters. The molecular formula is C26H39FN8O9P2S2Si. The number of anilines is 2. The first kappa shape index (κ1) is 36.9. The van der Waals surface area contributed by atoms with Crippen molar-refractivity contribution in [3.8, 4) is 0 Å². The van der Waals surface area contributed by atoms with Crippen molar-refractivity contribution >= 4 is 69.3 Å². The topological polar surface area (TPSA) is 217 Å². The Kier molecular flexibility index (Phi) is 10.2. The normalized spacial score (nSPS) is 34.6. The van der Waals surface area contributed by atoms with Crippen LogP contribution in [0.15, 0.2) is 23.6 Å². The van der Waals surface area contributed by atoms with E-state index in [1.807, 2.05) is 33.9 Å². The van der Waals surface area contributed by atoms with Crippen molar-refractivity contribution in [3.63, 3.8) is 0 Å². The number of halogens is 1. The third kappa shape index (κ3) is 7.96. The minimum Gasteiger partial charge on any atom is -0.408 e. The highest BCUT2D eigenvalue weighted by atomic mass is 32.7. The average Bonchev–Trinajstić information content (AvgIpc) is 3.66. The van der Waals surface area contributed by atoms with Gasteiger partial charge in [-0.1, -0.05) is 45.3 Å². The SMILES string of the molecule is CC(C)(C)[Si](C)(C)OC1C2COP(=O)(S)O[C@H]3C[C@H](Nc4ncncc4F)C[C@@H]3COP(=O)(S)O[C@H]1[C@H](n1cnc3c(=O)[nH]c(N)nc31)O2. The number of hydrogen-bond donors (Lipinski definition) is 5. The van der Waals surface area contributed by atoms with Crippen LogP contribution in [0.3, 0.4) is 0 Å². The number of H-pyrrole nitrogens is 1. The van der Waals surface area contributed by atoms with Crippen LogP contribution in [-0.2, 0) is 36.4 Å². The van der Waals surface area contributed by atoms with Crippen LogP contribution in [0, 0.1) is 11.7 Å². The van der Waals surface area contributed by atoms with E-state index in [9.17, 15) is 18.3 Å². The van der Waals surface area contributed by atoms with E-state index < -0.39 is 75.9 Å². The van der Waals surface area contributed by atoms with Crippen LogP contribution in [0.4, 0.5) is 16.2 Å². The fourth-order valence-corrected chi connectivity index (χ4v) is 10.2. The summed E-state index contributed by atoms with van der Waals surface area (Å²) in [5.74, 6) is -1.34. The lowest BCUT2D eigenvalue weighted by Crippen LogP contribution is -2.50. The van der Waals surface area contributed by atoms with Crippen LogP contribution in [-0.4, -0.2) is 81.5 Å². The van der Waals surface area contributed by atoms with Gasteiger partial charge in [0.25, 0.3) is 5.56 Å². The summed E-state index contributed by atoms with van der Waals surface area (Å²) in [5.41, 5.74) is 5.32. The van der Waals surface area contributed by atoms with E-state index in [-0.39, 0.29) is 47.6 Å². The fourth-order valence-electron chi connectivity index (χ4n) is 5.83. The van der Waals surface area contributed by atoms with Gasteiger partial charge in [-0.2, -0.15) is 4.98 Å². The first-order valence-corrected chi connectivity index (χ1v) is 23.7. The molecule has 0 radical (unpaired) electrons. The third-order valence-corrected chi connectivity index (χ3v) is 17.0. The molecular weight excluding hydrogens is 741 g/mol. The molecule has 5 heterocycles. The van der Waals surface area contributed by atoms with Crippen molar-refractivity contribution in [1.29, 1.82) is 0 Å². The molecule has 17 nitrogen and oxygen atoms in total. The molecule has 1 aliphatic carbocycles. The van der Waals surface area contributed by atoms with Crippen molar-refractivity contribution in [3.05, 3.63) is 35.0 Å². The lowest BCUT2D eigenvalue weighted by Gasteiger charge is -2.40. The summed E-state index contributed by atoms with van der Waals surface area (Å²) < 4.78 is 80.6. The Hall–Kier alpha value is -1.90. The molecule has 3 fully saturated rings. The number of thiol groups is 2. The van der Waals surface area contributed by atoms with Gasteiger partial charge in [0.1, 0.15) is 24.6 Å². The summed E-state index contributed by atoms with van der Waals surface area (Å²) in [6.07, 6.45) is -0.965. The second kappa shape index (κ2) is 13.6. The van der Waals surface area contributed by atoms with Gasteiger partial charge in [0.05, 0.1) is 31.8 Å². The number of ether oxygens (including phenoxy) is 1. The van der Waals surface area contributed by atoms with Gasteiger partial charge >= 0.3 is 13.6 Å². The van der Waals surface area contributed by atoms with Gasteiger partial charge < -0.3 is 24.7 Å². The number of nitrogens with two attached hydrogens (primary N) is 1. The second-order valence-electron chi connectivity index (χ2n) is 13.7. The highest BCUT2D eigenvalue weighted by Gasteiger charge is 2.55. The molecule has 9 atom stereocenters. The smallest absolute Gasteiger partial charge is 0.386 e. The van der Waals surface area contributed by atoms with E-state index in [2.05, 4.69) is 54.7 Å². The molecule has 23 heteroatoms. The van der Waals surface area contributed by atoms with Crippen LogP contribution >= 0.6 is 38.1 Å². The summed E-state index contributed by atoms with van der Waals surface area (Å²) in [4.78, 5) is 31.1. The lowest BCUT2D eigenvalue weighted by molar-refractivity contribution is -0.0482. The van der Waals surface area contributed by atoms with Crippen LogP contribution in [0.2, 0.25) is 18.1 Å². The molecule has 3 aromatic heterocycles. The van der Waals surface area contributed by atoms with Gasteiger partial charge in [0.2, 0.25) is 5.95 Å². The van der Waals surface area contributed by atoms with Crippen LogP contribution < -0.4 is 16.6 Å². The standard InChI is InChI=1S/C26H39FN8O9P2S2Si/c1-26(2,3)49(4,5)44-19-17-10-40-45(37,47)42-16-7-14(32-21-15(27)8-29-11-30-21)6-13(16)9-39-46(38,48)43-20(19)24(41-17)35-12-31-18-22(35)33-25(28)34-23(18)36/h8,11-14,16-17,19-20,24H,6-7,9-10H2,1-5H3,(H,37,47)(H,38,48)(H,29,30,32)(H3,28,33,34,36)/t13-,14-,16+,17?,19?,20-,24-,45?,46?/m1/s1. The molecule has 4 N–H and O–H groups in total. The third-order valence-electron chi connectivity index (χ3n) is 9.26. The van der Waals surface area contributed by atoms with Crippen molar-refractivity contribution in [2.45, 2.75) is 88.4 Å². The van der Waals surface area contributed by atoms with E-state index >= 15 is 0 Å². The predicted octanol–water partition coefficient (Wildman–Crippen LogP) is 4.70. The molecule has 0 amide bonds. The fraction of sp³-hybridized carbons (Fsp3) is 0.654. The maximum Gasteiger partial charge on any atom is 0.386 e. The monoisotopic (exact) mass is 780 g/mol. The molecule has 6 rings (SSSR count).